The second kappa shape index (κ2) is 6.86. The number of hydrogen-bond donors (Lipinski definition) is 1. The first-order chi connectivity index (χ1) is 11.6. The number of hydrogen-bond acceptors (Lipinski definition) is 5. The molecule has 0 spiro atoms. The summed E-state index contributed by atoms with van der Waals surface area (Å²) in [6.07, 6.45) is 3.16. The highest BCUT2D eigenvalue weighted by molar-refractivity contribution is 5.91. The smallest absolute Gasteiger partial charge is 0.271 e. The van der Waals surface area contributed by atoms with Crippen LogP contribution in [-0.4, -0.2) is 30.5 Å². The number of benzene rings is 1. The molecule has 0 unspecified atom stereocenters. The summed E-state index contributed by atoms with van der Waals surface area (Å²) >= 11 is 0. The lowest BCUT2D eigenvalue weighted by molar-refractivity contribution is 0.0943. The fraction of sp³-hybridized carbons (Fsp3) is 0.188. The van der Waals surface area contributed by atoms with Crippen LogP contribution >= 0.6 is 0 Å². The lowest BCUT2D eigenvalue weighted by atomic mass is 10.1. The molecule has 0 aliphatic heterocycles. The number of rotatable bonds is 5. The molecule has 3 rings (SSSR count). The minimum Gasteiger partial charge on any atom is -0.347 e. The van der Waals surface area contributed by atoms with E-state index < -0.39 is 0 Å². The van der Waals surface area contributed by atoms with Crippen molar-refractivity contribution in [3.8, 4) is 0 Å². The number of carbonyl (C=O) groups excluding carboxylic acids is 1. The second-order valence-electron chi connectivity index (χ2n) is 5.27. The lowest BCUT2D eigenvalue weighted by Crippen LogP contribution is -2.28. The largest absolute Gasteiger partial charge is 0.347 e. The monoisotopic (exact) mass is 324 g/mol. The van der Waals surface area contributed by atoms with Gasteiger partial charge in [0.2, 0.25) is 0 Å². The van der Waals surface area contributed by atoms with Gasteiger partial charge >= 0.3 is 0 Å². The second-order valence-corrected chi connectivity index (χ2v) is 5.27. The summed E-state index contributed by atoms with van der Waals surface area (Å²) < 4.78 is 2.87. The van der Waals surface area contributed by atoms with Crippen molar-refractivity contribution in [3.05, 3.63) is 76.2 Å². The molecular weight excluding hydrogens is 308 g/mol. The predicted molar refractivity (Wildman–Crippen MR) is 86.2 cm³/mol. The zero-order valence-electron chi connectivity index (χ0n) is 13.1. The molecule has 0 aliphatic rings. The van der Waals surface area contributed by atoms with Crippen LogP contribution in [0.5, 0.6) is 0 Å². The molecule has 0 atom stereocenters. The van der Waals surface area contributed by atoms with E-state index in [0.717, 1.165) is 15.8 Å². The highest BCUT2D eigenvalue weighted by Crippen LogP contribution is 2.06. The number of aromatic nitrogens is 5. The molecule has 0 radical (unpaired) electrons. The van der Waals surface area contributed by atoms with E-state index in [9.17, 15) is 9.59 Å². The zero-order valence-corrected chi connectivity index (χ0v) is 13.1. The van der Waals surface area contributed by atoms with Gasteiger partial charge in [-0.25, -0.2) is 14.3 Å². The number of carbonyl (C=O) groups is 1. The molecule has 8 nitrogen and oxygen atoms in total. The molecule has 1 N–H and O–H groups in total. The van der Waals surface area contributed by atoms with Crippen LogP contribution < -0.4 is 10.9 Å². The molecule has 24 heavy (non-hydrogen) atoms. The van der Waals surface area contributed by atoms with Crippen molar-refractivity contribution in [1.82, 2.24) is 29.9 Å². The predicted octanol–water partition coefficient (Wildman–Crippen LogP) is 0.350. The van der Waals surface area contributed by atoms with Crippen molar-refractivity contribution < 1.29 is 4.79 Å². The van der Waals surface area contributed by atoms with Crippen LogP contribution in [0.4, 0.5) is 0 Å². The van der Waals surface area contributed by atoms with Crippen LogP contribution in [0.25, 0.3) is 0 Å². The first-order valence-electron chi connectivity index (χ1n) is 7.34. The molecule has 2 heterocycles. The van der Waals surface area contributed by atoms with E-state index in [-0.39, 0.29) is 17.2 Å². The van der Waals surface area contributed by atoms with Crippen LogP contribution in [0, 0.1) is 0 Å². The fourth-order valence-electron chi connectivity index (χ4n) is 2.16. The van der Waals surface area contributed by atoms with Gasteiger partial charge < -0.3 is 5.32 Å². The normalized spacial score (nSPS) is 10.5. The van der Waals surface area contributed by atoms with Crippen LogP contribution in [0.1, 0.15) is 21.6 Å². The summed E-state index contributed by atoms with van der Waals surface area (Å²) in [5.41, 5.74) is 2.01. The molecule has 122 valence electrons. The van der Waals surface area contributed by atoms with Crippen molar-refractivity contribution in [1.29, 1.82) is 0 Å². The van der Waals surface area contributed by atoms with Gasteiger partial charge in [0.1, 0.15) is 18.3 Å². The van der Waals surface area contributed by atoms with Gasteiger partial charge in [-0.05, 0) is 17.2 Å². The Bertz CT molecular complexity index is 884. The van der Waals surface area contributed by atoms with Crippen LogP contribution in [0.3, 0.4) is 0 Å². The highest BCUT2D eigenvalue weighted by Gasteiger charge is 2.08. The van der Waals surface area contributed by atoms with E-state index in [2.05, 4.69) is 20.5 Å². The van der Waals surface area contributed by atoms with E-state index >= 15 is 0 Å². The molecule has 0 saturated heterocycles. The molecule has 3 aromatic rings. The molecule has 1 amide bonds. The van der Waals surface area contributed by atoms with Crippen molar-refractivity contribution in [2.24, 2.45) is 7.05 Å². The average molecular weight is 324 g/mol. The summed E-state index contributed by atoms with van der Waals surface area (Å²) in [5, 5.41) is 10.8. The quantitative estimate of drug-likeness (QED) is 0.731. The maximum absolute atomic E-state index is 12.1. The molecule has 0 aliphatic carbocycles. The van der Waals surface area contributed by atoms with Crippen LogP contribution in [0.15, 0.2) is 53.8 Å². The zero-order chi connectivity index (χ0) is 16.9. The molecular formula is C16H16N6O2. The lowest BCUT2D eigenvalue weighted by Gasteiger charge is -2.07. The van der Waals surface area contributed by atoms with Gasteiger partial charge in [-0.15, -0.1) is 0 Å². The number of nitrogens with zero attached hydrogens (tertiary/aromatic N) is 5. The minimum absolute atomic E-state index is 0.208. The SMILES string of the molecule is Cn1nc(C(=O)NCc2ccc(Cn3cncn3)cc2)ccc1=O. The summed E-state index contributed by atoms with van der Waals surface area (Å²) in [6, 6.07) is 10.6. The van der Waals surface area contributed by atoms with Crippen LogP contribution in [0.2, 0.25) is 0 Å². The standard InChI is InChI=1S/C16H16N6O2/c1-21-15(23)7-6-14(20-21)16(24)18-8-12-2-4-13(5-3-12)9-22-11-17-10-19-22/h2-7,10-11H,8-9H2,1H3,(H,18,24). The molecule has 8 heteroatoms. The Morgan fingerprint density at radius 1 is 1.12 bits per heavy atom. The third kappa shape index (κ3) is 3.72. The Morgan fingerprint density at radius 2 is 1.88 bits per heavy atom. The fourth-order valence-corrected chi connectivity index (χ4v) is 2.16. The number of amides is 1. The average Bonchev–Trinajstić information content (AvgIpc) is 3.09. The number of aryl methyl sites for hydroxylation is 1. The maximum Gasteiger partial charge on any atom is 0.271 e. The van der Waals surface area contributed by atoms with Crippen molar-refractivity contribution in [2.45, 2.75) is 13.1 Å². The molecule has 0 bridgehead atoms. The number of nitrogens with one attached hydrogen (secondary N) is 1. The molecule has 0 saturated carbocycles. The maximum atomic E-state index is 12.1. The molecule has 2 aromatic heterocycles. The van der Waals surface area contributed by atoms with E-state index in [0.29, 0.717) is 13.1 Å². The van der Waals surface area contributed by atoms with E-state index in [4.69, 9.17) is 0 Å². The Hall–Kier alpha value is -3.29. The Kier molecular flexibility index (Phi) is 4.46. The van der Waals surface area contributed by atoms with Gasteiger partial charge in [0.05, 0.1) is 6.54 Å². The van der Waals surface area contributed by atoms with Gasteiger partial charge in [-0.1, -0.05) is 24.3 Å². The van der Waals surface area contributed by atoms with Gasteiger partial charge in [-0.2, -0.15) is 10.2 Å². The van der Waals surface area contributed by atoms with E-state index in [1.807, 2.05) is 24.3 Å². The molecule has 1 aromatic carbocycles. The summed E-state index contributed by atoms with van der Waals surface area (Å²) in [4.78, 5) is 27.2. The Morgan fingerprint density at radius 3 is 2.54 bits per heavy atom. The first-order valence-corrected chi connectivity index (χ1v) is 7.34. The van der Waals surface area contributed by atoms with Gasteiger partial charge in [-0.3, -0.25) is 9.59 Å². The van der Waals surface area contributed by atoms with Crippen molar-refractivity contribution in [3.63, 3.8) is 0 Å². The summed E-state index contributed by atoms with van der Waals surface area (Å²) in [7, 11) is 1.51. The van der Waals surface area contributed by atoms with Gasteiger partial charge in [0.25, 0.3) is 11.5 Å². The molecule has 0 fully saturated rings. The first kappa shape index (κ1) is 15.6. The van der Waals surface area contributed by atoms with Crippen LogP contribution in [-0.2, 0) is 20.1 Å². The minimum atomic E-state index is -0.322. The Balaban J connectivity index is 1.59. The third-order valence-electron chi connectivity index (χ3n) is 3.48. The van der Waals surface area contributed by atoms with Crippen molar-refractivity contribution >= 4 is 5.91 Å². The summed E-state index contributed by atoms with van der Waals surface area (Å²) in [5.74, 6) is -0.322. The topological polar surface area (TPSA) is 94.7 Å². The van der Waals surface area contributed by atoms with Gasteiger partial charge in [0.15, 0.2) is 0 Å². The highest BCUT2D eigenvalue weighted by atomic mass is 16.2. The Labute approximate surface area is 137 Å². The van der Waals surface area contributed by atoms with E-state index in [1.165, 1.54) is 25.5 Å². The van der Waals surface area contributed by atoms with E-state index in [1.54, 1.807) is 11.0 Å². The van der Waals surface area contributed by atoms with Gasteiger partial charge in [0, 0.05) is 19.7 Å². The summed E-state index contributed by atoms with van der Waals surface area (Å²) in [6.45, 7) is 1.03. The third-order valence-corrected chi connectivity index (χ3v) is 3.48. The van der Waals surface area contributed by atoms with Crippen molar-refractivity contribution in [2.75, 3.05) is 0 Å².